The van der Waals surface area contributed by atoms with Crippen molar-refractivity contribution in [3.05, 3.63) is 54.1 Å². The van der Waals surface area contributed by atoms with E-state index in [1.54, 1.807) is 56.4 Å². The maximum absolute atomic E-state index is 13.6. The van der Waals surface area contributed by atoms with Gasteiger partial charge >= 0.3 is 24.3 Å². The van der Waals surface area contributed by atoms with Crippen LogP contribution in [0.4, 0.5) is 22.8 Å². The Morgan fingerprint density at radius 1 is 1.09 bits per heavy atom. The Kier molecular flexibility index (Phi) is 8.49. The molecule has 2 aromatic rings. The molecule has 186 valence electrons. The number of carbonyl (C=O) groups excluding carboxylic acids is 2. The van der Waals surface area contributed by atoms with Crippen LogP contribution in [-0.4, -0.2) is 50.6 Å². The molecule has 0 aliphatic carbocycles. The summed E-state index contributed by atoms with van der Waals surface area (Å²) in [4.78, 5) is 39.1. The number of nitrogens with zero attached hydrogens (tertiary/aromatic N) is 2. The number of halogens is 3. The van der Waals surface area contributed by atoms with E-state index in [4.69, 9.17) is 9.47 Å². The Hall–Kier alpha value is -3.77. The standard InChI is InChI=1S/C21H25F3N4O6/c1-20(2,3)34-19(32)26-15(16(29)30)9-14-10-28(12-25-14)17(21(22,23)24)27-18(31)33-11-13-7-5-4-6-8-13/h4-8,10,12,15,17H,9,11H2,1-3H3,(H,26,32)(H,27,31)(H,29,30). The number of carboxylic acid groups (broad SMARTS) is 1. The highest BCUT2D eigenvalue weighted by atomic mass is 19.4. The highest BCUT2D eigenvalue weighted by Gasteiger charge is 2.43. The van der Waals surface area contributed by atoms with Gasteiger partial charge in [-0.05, 0) is 26.3 Å². The molecule has 2 unspecified atom stereocenters. The van der Waals surface area contributed by atoms with Gasteiger partial charge in [-0.1, -0.05) is 30.3 Å². The number of rotatable bonds is 8. The molecule has 1 aromatic carbocycles. The summed E-state index contributed by atoms with van der Waals surface area (Å²) in [6.07, 6.45) is -8.46. The molecular weight excluding hydrogens is 461 g/mol. The molecular formula is C21H25F3N4O6. The van der Waals surface area contributed by atoms with Crippen LogP contribution in [0.15, 0.2) is 42.9 Å². The van der Waals surface area contributed by atoms with Crippen molar-refractivity contribution in [1.82, 2.24) is 20.2 Å². The monoisotopic (exact) mass is 486 g/mol. The minimum Gasteiger partial charge on any atom is -0.480 e. The van der Waals surface area contributed by atoms with Gasteiger partial charge in [0.25, 0.3) is 0 Å². The summed E-state index contributed by atoms with van der Waals surface area (Å²) < 4.78 is 51.1. The van der Waals surface area contributed by atoms with Crippen molar-refractivity contribution in [2.24, 2.45) is 0 Å². The second-order valence-electron chi connectivity index (χ2n) is 8.20. The van der Waals surface area contributed by atoms with Gasteiger partial charge < -0.3 is 24.5 Å². The van der Waals surface area contributed by atoms with E-state index >= 15 is 0 Å². The number of aromatic nitrogens is 2. The van der Waals surface area contributed by atoms with E-state index in [1.807, 2.05) is 0 Å². The average molecular weight is 486 g/mol. The lowest BCUT2D eigenvalue weighted by atomic mass is 10.1. The van der Waals surface area contributed by atoms with Crippen molar-refractivity contribution in [3.8, 4) is 0 Å². The summed E-state index contributed by atoms with van der Waals surface area (Å²) in [6.45, 7) is 4.51. The summed E-state index contributed by atoms with van der Waals surface area (Å²) in [5, 5.41) is 13.2. The van der Waals surface area contributed by atoms with Crippen LogP contribution in [0.5, 0.6) is 0 Å². The number of imidazole rings is 1. The Bertz CT molecular complexity index is 988. The maximum atomic E-state index is 13.6. The average Bonchev–Trinajstić information content (AvgIpc) is 3.16. The Morgan fingerprint density at radius 2 is 1.74 bits per heavy atom. The van der Waals surface area contributed by atoms with Crippen LogP contribution in [0.1, 0.15) is 38.2 Å². The zero-order valence-corrected chi connectivity index (χ0v) is 18.6. The molecule has 2 rings (SSSR count). The van der Waals surface area contributed by atoms with Gasteiger partial charge in [0, 0.05) is 12.6 Å². The summed E-state index contributed by atoms with van der Waals surface area (Å²) in [5.41, 5.74) is -0.365. The van der Waals surface area contributed by atoms with Crippen LogP contribution in [0.3, 0.4) is 0 Å². The predicted octanol–water partition coefficient (Wildman–Crippen LogP) is 3.39. The number of alkyl halides is 3. The van der Waals surface area contributed by atoms with E-state index < -0.39 is 48.6 Å². The van der Waals surface area contributed by atoms with E-state index in [2.05, 4.69) is 10.3 Å². The molecule has 2 amide bonds. The second kappa shape index (κ2) is 10.9. The fraction of sp³-hybridized carbons (Fsp3) is 0.429. The first kappa shape index (κ1) is 26.5. The Morgan fingerprint density at radius 3 is 2.29 bits per heavy atom. The van der Waals surface area contributed by atoms with E-state index in [1.165, 1.54) is 0 Å². The van der Waals surface area contributed by atoms with Gasteiger partial charge in [0.2, 0.25) is 6.17 Å². The number of aliphatic carboxylic acids is 1. The maximum Gasteiger partial charge on any atom is 0.427 e. The molecule has 13 heteroatoms. The molecule has 34 heavy (non-hydrogen) atoms. The minimum atomic E-state index is -4.91. The van der Waals surface area contributed by atoms with E-state index in [9.17, 15) is 32.7 Å². The first-order valence-electron chi connectivity index (χ1n) is 10.0. The number of carbonyl (C=O) groups is 3. The molecule has 0 bridgehead atoms. The van der Waals surface area contributed by atoms with Crippen molar-refractivity contribution in [1.29, 1.82) is 0 Å². The van der Waals surface area contributed by atoms with Crippen LogP contribution in [0.25, 0.3) is 0 Å². The number of benzene rings is 1. The minimum absolute atomic E-state index is 0.0721. The quantitative estimate of drug-likeness (QED) is 0.521. The molecule has 0 aliphatic rings. The van der Waals surface area contributed by atoms with Gasteiger partial charge in [-0.3, -0.25) is 5.32 Å². The molecule has 0 radical (unpaired) electrons. The van der Waals surface area contributed by atoms with Crippen LogP contribution >= 0.6 is 0 Å². The number of carboxylic acids is 1. The molecule has 2 atom stereocenters. The molecule has 3 N–H and O–H groups in total. The van der Waals surface area contributed by atoms with Gasteiger partial charge in [0.15, 0.2) is 0 Å². The van der Waals surface area contributed by atoms with Crippen molar-refractivity contribution < 1.29 is 42.1 Å². The fourth-order valence-electron chi connectivity index (χ4n) is 2.69. The molecule has 1 aromatic heterocycles. The van der Waals surface area contributed by atoms with Gasteiger partial charge in [-0.25, -0.2) is 19.4 Å². The van der Waals surface area contributed by atoms with Crippen molar-refractivity contribution >= 4 is 18.2 Å². The summed E-state index contributed by atoms with van der Waals surface area (Å²) >= 11 is 0. The third-order valence-electron chi connectivity index (χ3n) is 4.13. The zero-order chi connectivity index (χ0) is 25.5. The van der Waals surface area contributed by atoms with Gasteiger partial charge in [0.05, 0.1) is 12.0 Å². The SMILES string of the molecule is CC(C)(C)OC(=O)NC(Cc1cn(C(NC(=O)OCc2ccccc2)C(F)(F)F)cn1)C(=O)O. The normalized spacial score (nSPS) is 13.5. The molecule has 0 spiro atoms. The summed E-state index contributed by atoms with van der Waals surface area (Å²) in [6, 6.07) is 6.87. The number of hydrogen-bond acceptors (Lipinski definition) is 6. The highest BCUT2D eigenvalue weighted by Crippen LogP contribution is 2.28. The smallest absolute Gasteiger partial charge is 0.427 e. The highest BCUT2D eigenvalue weighted by molar-refractivity contribution is 5.80. The number of hydrogen-bond donors (Lipinski definition) is 3. The third-order valence-corrected chi connectivity index (χ3v) is 4.13. The Balaban J connectivity index is 2.07. The van der Waals surface area contributed by atoms with Crippen LogP contribution in [0, 0.1) is 0 Å². The zero-order valence-electron chi connectivity index (χ0n) is 18.6. The Labute approximate surface area is 193 Å². The largest absolute Gasteiger partial charge is 0.480 e. The molecule has 0 aliphatic heterocycles. The van der Waals surface area contributed by atoms with Gasteiger partial charge in [0.1, 0.15) is 18.2 Å². The van der Waals surface area contributed by atoms with E-state index in [0.717, 1.165) is 12.5 Å². The number of ether oxygens (including phenoxy) is 2. The van der Waals surface area contributed by atoms with Gasteiger partial charge in [-0.15, -0.1) is 0 Å². The van der Waals surface area contributed by atoms with Crippen LogP contribution in [-0.2, 0) is 27.3 Å². The van der Waals surface area contributed by atoms with Crippen LogP contribution < -0.4 is 10.6 Å². The predicted molar refractivity (Wildman–Crippen MR) is 112 cm³/mol. The molecule has 1 heterocycles. The number of alkyl carbamates (subject to hydrolysis) is 2. The first-order chi connectivity index (χ1) is 15.7. The fourth-order valence-corrected chi connectivity index (χ4v) is 2.69. The topological polar surface area (TPSA) is 132 Å². The lowest BCUT2D eigenvalue weighted by Crippen LogP contribution is -2.44. The lowest BCUT2D eigenvalue weighted by molar-refractivity contribution is -0.174. The molecule has 0 saturated heterocycles. The molecule has 10 nitrogen and oxygen atoms in total. The number of nitrogens with one attached hydrogen (secondary N) is 2. The van der Waals surface area contributed by atoms with Crippen LogP contribution in [0.2, 0.25) is 0 Å². The lowest BCUT2D eigenvalue weighted by Gasteiger charge is -2.22. The van der Waals surface area contributed by atoms with Crippen molar-refractivity contribution in [2.75, 3.05) is 0 Å². The second-order valence-corrected chi connectivity index (χ2v) is 8.20. The number of amides is 2. The summed E-state index contributed by atoms with van der Waals surface area (Å²) in [5.74, 6) is -1.43. The molecule has 0 saturated carbocycles. The molecule has 0 fully saturated rings. The third kappa shape index (κ3) is 8.64. The first-order valence-corrected chi connectivity index (χ1v) is 10.0. The van der Waals surface area contributed by atoms with E-state index in [0.29, 0.717) is 10.1 Å². The summed E-state index contributed by atoms with van der Waals surface area (Å²) in [7, 11) is 0. The van der Waals surface area contributed by atoms with Crippen molar-refractivity contribution in [2.45, 2.75) is 57.8 Å². The van der Waals surface area contributed by atoms with Crippen molar-refractivity contribution in [3.63, 3.8) is 0 Å². The van der Waals surface area contributed by atoms with Gasteiger partial charge in [-0.2, -0.15) is 13.2 Å². The van der Waals surface area contributed by atoms with E-state index in [-0.39, 0.29) is 12.3 Å².